The molecule has 0 saturated heterocycles. The highest BCUT2D eigenvalue weighted by Crippen LogP contribution is 2.24. The molecule has 0 aliphatic carbocycles. The minimum absolute atomic E-state index is 0.237. The minimum atomic E-state index is -3.74. The summed E-state index contributed by atoms with van der Waals surface area (Å²) in [6.45, 7) is 1.47. The van der Waals surface area contributed by atoms with Crippen molar-refractivity contribution < 1.29 is 17.9 Å². The van der Waals surface area contributed by atoms with E-state index in [0.717, 1.165) is 21.5 Å². The average Bonchev–Trinajstić information content (AvgIpc) is 2.73. The molecule has 1 aromatic heterocycles. The van der Waals surface area contributed by atoms with E-state index >= 15 is 0 Å². The molecule has 0 aliphatic rings. The summed E-state index contributed by atoms with van der Waals surface area (Å²) in [6, 6.07) is 14.6. The number of aromatic nitrogens is 1. The van der Waals surface area contributed by atoms with Crippen molar-refractivity contribution in [1.29, 1.82) is 0 Å². The van der Waals surface area contributed by atoms with Gasteiger partial charge in [0.1, 0.15) is 16.9 Å². The van der Waals surface area contributed by atoms with E-state index in [9.17, 15) is 13.2 Å². The third kappa shape index (κ3) is 5.31. The van der Waals surface area contributed by atoms with Gasteiger partial charge in [-0.2, -0.15) is 5.10 Å². The Kier molecular flexibility index (Phi) is 6.77. The monoisotopic (exact) mass is 460 g/mol. The first-order valence-corrected chi connectivity index (χ1v) is 11.4. The molecule has 0 unspecified atom stereocenters. The lowest BCUT2D eigenvalue weighted by molar-refractivity contribution is -0.121. The number of ether oxygens (including phenoxy) is 1. The van der Waals surface area contributed by atoms with Crippen LogP contribution in [0.3, 0.4) is 0 Å². The molecule has 0 radical (unpaired) electrons. The van der Waals surface area contributed by atoms with Gasteiger partial charge in [-0.3, -0.25) is 9.10 Å². The van der Waals surface area contributed by atoms with Crippen molar-refractivity contribution in [3.8, 4) is 5.75 Å². The lowest BCUT2D eigenvalue weighted by Crippen LogP contribution is -2.46. The maximum absolute atomic E-state index is 12.6. The standard InChI is InChI=1S/C21H21ClN4O4S/c1-14(26(31(3,28)29)17-8-10-18(30-2)11-9-17)21(27)25-23-13-16-12-15-6-4-5-7-19(15)24-20(16)22/h4-14H,1-3H3,(H,25,27)/b23-13-/t14-/m1/s1. The van der Waals surface area contributed by atoms with Crippen LogP contribution < -0.4 is 14.5 Å². The summed E-state index contributed by atoms with van der Waals surface area (Å²) in [5, 5.41) is 5.03. The Morgan fingerprint density at radius 1 is 1.23 bits per heavy atom. The van der Waals surface area contributed by atoms with Gasteiger partial charge in [0.25, 0.3) is 5.91 Å². The summed E-state index contributed by atoms with van der Waals surface area (Å²) < 4.78 is 30.8. The van der Waals surface area contributed by atoms with Crippen LogP contribution in [-0.2, 0) is 14.8 Å². The molecule has 10 heteroatoms. The molecule has 0 fully saturated rings. The van der Waals surface area contributed by atoms with Gasteiger partial charge in [0.2, 0.25) is 10.0 Å². The molecule has 1 N–H and O–H groups in total. The van der Waals surface area contributed by atoms with Gasteiger partial charge in [-0.1, -0.05) is 29.8 Å². The van der Waals surface area contributed by atoms with Gasteiger partial charge in [-0.15, -0.1) is 0 Å². The second kappa shape index (κ2) is 9.32. The Bertz CT molecular complexity index is 1230. The molecule has 162 valence electrons. The number of para-hydroxylation sites is 1. The van der Waals surface area contributed by atoms with E-state index in [2.05, 4.69) is 15.5 Å². The Morgan fingerprint density at radius 2 is 1.90 bits per heavy atom. The fourth-order valence-corrected chi connectivity index (χ4v) is 4.37. The Hall–Kier alpha value is -3.17. The highest BCUT2D eigenvalue weighted by atomic mass is 35.5. The van der Waals surface area contributed by atoms with Crippen LogP contribution in [0.5, 0.6) is 5.75 Å². The van der Waals surface area contributed by atoms with Crippen LogP contribution in [0.4, 0.5) is 5.69 Å². The Morgan fingerprint density at radius 3 is 2.55 bits per heavy atom. The number of rotatable bonds is 7. The van der Waals surface area contributed by atoms with Crippen LogP contribution in [0.25, 0.3) is 10.9 Å². The van der Waals surface area contributed by atoms with Gasteiger partial charge in [0.15, 0.2) is 0 Å². The normalized spacial score (nSPS) is 12.6. The van der Waals surface area contributed by atoms with Crippen molar-refractivity contribution >= 4 is 50.3 Å². The first kappa shape index (κ1) is 22.5. The van der Waals surface area contributed by atoms with Gasteiger partial charge in [-0.25, -0.2) is 18.8 Å². The number of hydrazone groups is 1. The molecule has 3 aromatic rings. The summed E-state index contributed by atoms with van der Waals surface area (Å²) >= 11 is 6.18. The number of halogens is 1. The first-order valence-electron chi connectivity index (χ1n) is 9.22. The van der Waals surface area contributed by atoms with Gasteiger partial charge in [0.05, 0.1) is 30.8 Å². The number of hydrogen-bond acceptors (Lipinski definition) is 6. The number of sulfonamides is 1. The fourth-order valence-electron chi connectivity index (χ4n) is 3.00. The molecule has 1 amide bonds. The number of carbonyl (C=O) groups is 1. The van der Waals surface area contributed by atoms with Crippen LogP contribution in [0.15, 0.2) is 59.7 Å². The second-order valence-electron chi connectivity index (χ2n) is 6.73. The van der Waals surface area contributed by atoms with Crippen LogP contribution in [0.1, 0.15) is 12.5 Å². The summed E-state index contributed by atoms with van der Waals surface area (Å²) in [5.74, 6) is -0.0397. The zero-order chi connectivity index (χ0) is 22.6. The summed E-state index contributed by atoms with van der Waals surface area (Å²) in [4.78, 5) is 16.9. The number of amides is 1. The van der Waals surface area contributed by atoms with E-state index in [0.29, 0.717) is 17.0 Å². The third-order valence-electron chi connectivity index (χ3n) is 4.50. The highest BCUT2D eigenvalue weighted by molar-refractivity contribution is 7.92. The SMILES string of the molecule is COc1ccc(N([C@H](C)C(=O)N/N=C\c2cc3ccccc3nc2Cl)S(C)(=O)=O)cc1. The van der Waals surface area contributed by atoms with Crippen molar-refractivity contribution in [2.45, 2.75) is 13.0 Å². The zero-order valence-corrected chi connectivity index (χ0v) is 18.7. The van der Waals surface area contributed by atoms with Crippen LogP contribution >= 0.6 is 11.6 Å². The number of benzene rings is 2. The predicted molar refractivity (Wildman–Crippen MR) is 122 cm³/mol. The highest BCUT2D eigenvalue weighted by Gasteiger charge is 2.29. The second-order valence-corrected chi connectivity index (χ2v) is 8.95. The maximum Gasteiger partial charge on any atom is 0.263 e. The number of carbonyl (C=O) groups excluding carboxylic acids is 1. The van der Waals surface area contributed by atoms with Crippen molar-refractivity contribution in [3.05, 3.63) is 65.3 Å². The van der Waals surface area contributed by atoms with Gasteiger partial charge in [0, 0.05) is 10.9 Å². The number of anilines is 1. The number of nitrogens with zero attached hydrogens (tertiary/aromatic N) is 3. The molecule has 0 saturated carbocycles. The van der Waals surface area contributed by atoms with E-state index in [1.54, 1.807) is 30.3 Å². The molecule has 8 nitrogen and oxygen atoms in total. The van der Waals surface area contributed by atoms with Gasteiger partial charge in [-0.05, 0) is 43.3 Å². The molecule has 1 atom stereocenters. The number of fused-ring (bicyclic) bond motifs is 1. The summed E-state index contributed by atoms with van der Waals surface area (Å²) in [6.07, 6.45) is 2.40. The predicted octanol–water partition coefficient (Wildman–Crippen LogP) is 3.20. The molecule has 1 heterocycles. The van der Waals surface area contributed by atoms with E-state index in [-0.39, 0.29) is 5.15 Å². The first-order chi connectivity index (χ1) is 14.7. The topological polar surface area (TPSA) is 101 Å². The maximum atomic E-state index is 12.6. The molecule has 0 bridgehead atoms. The molecule has 2 aromatic carbocycles. The molecule has 0 aliphatic heterocycles. The van der Waals surface area contributed by atoms with Crippen molar-refractivity contribution in [3.63, 3.8) is 0 Å². The molecule has 3 rings (SSSR count). The number of hydrogen-bond donors (Lipinski definition) is 1. The third-order valence-corrected chi connectivity index (χ3v) is 6.04. The smallest absolute Gasteiger partial charge is 0.263 e. The van der Waals surface area contributed by atoms with Crippen LogP contribution in [0, 0.1) is 0 Å². The zero-order valence-electron chi connectivity index (χ0n) is 17.1. The molecule has 31 heavy (non-hydrogen) atoms. The average molecular weight is 461 g/mol. The lowest BCUT2D eigenvalue weighted by atomic mass is 10.2. The van der Waals surface area contributed by atoms with E-state index < -0.39 is 22.0 Å². The van der Waals surface area contributed by atoms with Crippen LogP contribution in [-0.4, -0.2) is 44.9 Å². The number of pyridine rings is 1. The number of methoxy groups -OCH3 is 1. The van der Waals surface area contributed by atoms with Gasteiger partial charge < -0.3 is 4.74 Å². The van der Waals surface area contributed by atoms with Gasteiger partial charge >= 0.3 is 0 Å². The van der Waals surface area contributed by atoms with Crippen LogP contribution in [0.2, 0.25) is 5.15 Å². The lowest BCUT2D eigenvalue weighted by Gasteiger charge is -2.27. The summed E-state index contributed by atoms with van der Waals surface area (Å²) in [7, 11) is -2.23. The Labute approximate surface area is 185 Å². The van der Waals surface area contributed by atoms with Crippen molar-refractivity contribution in [2.75, 3.05) is 17.7 Å². The number of nitrogens with one attached hydrogen (secondary N) is 1. The molecular formula is C21H21ClN4O4S. The fraction of sp³-hybridized carbons (Fsp3) is 0.190. The minimum Gasteiger partial charge on any atom is -0.497 e. The van der Waals surface area contributed by atoms with Crippen molar-refractivity contribution in [2.24, 2.45) is 5.10 Å². The van der Waals surface area contributed by atoms with Crippen molar-refractivity contribution in [1.82, 2.24) is 10.4 Å². The summed E-state index contributed by atoms with van der Waals surface area (Å²) in [5.41, 5.74) is 3.95. The van der Waals surface area contributed by atoms with E-state index in [1.165, 1.54) is 20.2 Å². The quantitative estimate of drug-likeness (QED) is 0.331. The molecular weight excluding hydrogens is 440 g/mol. The Balaban J connectivity index is 1.78. The van der Waals surface area contributed by atoms with E-state index in [1.807, 2.05) is 24.3 Å². The molecule has 0 spiro atoms. The largest absolute Gasteiger partial charge is 0.497 e. The van der Waals surface area contributed by atoms with E-state index in [4.69, 9.17) is 16.3 Å².